The van der Waals surface area contributed by atoms with Crippen LogP contribution in [0.3, 0.4) is 0 Å². The number of benzene rings is 1. The van der Waals surface area contributed by atoms with Crippen LogP contribution in [-0.2, 0) is 6.42 Å². The highest BCUT2D eigenvalue weighted by Gasteiger charge is 2.19. The van der Waals surface area contributed by atoms with Gasteiger partial charge in [0.25, 0.3) is 0 Å². The quantitative estimate of drug-likeness (QED) is 0.942. The Balaban J connectivity index is 1.96. The molecule has 23 heavy (non-hydrogen) atoms. The van der Waals surface area contributed by atoms with Crippen LogP contribution >= 0.6 is 0 Å². The zero-order valence-electron chi connectivity index (χ0n) is 13.5. The predicted molar refractivity (Wildman–Crippen MR) is 90.8 cm³/mol. The normalized spacial score (nSPS) is 15.9. The average molecular weight is 314 g/mol. The molecule has 2 aromatic rings. The Kier molecular flexibility index (Phi) is 4.86. The van der Waals surface area contributed by atoms with E-state index < -0.39 is 0 Å². The van der Waals surface area contributed by atoms with Crippen molar-refractivity contribution in [1.29, 1.82) is 0 Å². The topological polar surface area (TPSA) is 55.0 Å². The van der Waals surface area contributed by atoms with Crippen LogP contribution in [0, 0.1) is 5.82 Å². The molecule has 1 aliphatic rings. The van der Waals surface area contributed by atoms with Gasteiger partial charge < -0.3 is 10.6 Å². The molecule has 5 heteroatoms. The van der Waals surface area contributed by atoms with E-state index in [0.29, 0.717) is 5.82 Å². The van der Waals surface area contributed by atoms with Crippen LogP contribution in [0.5, 0.6) is 0 Å². The SMILES string of the molecule is CCCc1cc(N2CCC(N)CC2)nc(-c2cccc(F)c2)n1. The molecule has 0 radical (unpaired) electrons. The molecule has 0 atom stereocenters. The maximum Gasteiger partial charge on any atom is 0.161 e. The number of piperidine rings is 1. The number of nitrogens with zero attached hydrogens (tertiary/aromatic N) is 3. The summed E-state index contributed by atoms with van der Waals surface area (Å²) in [6, 6.07) is 8.81. The number of hydrogen-bond acceptors (Lipinski definition) is 4. The first-order chi connectivity index (χ1) is 11.2. The summed E-state index contributed by atoms with van der Waals surface area (Å²) in [6.45, 7) is 3.95. The Labute approximate surface area is 136 Å². The summed E-state index contributed by atoms with van der Waals surface area (Å²) in [5, 5.41) is 0. The molecule has 0 spiro atoms. The first-order valence-electron chi connectivity index (χ1n) is 8.30. The minimum Gasteiger partial charge on any atom is -0.356 e. The van der Waals surface area contributed by atoms with Crippen molar-refractivity contribution in [2.45, 2.75) is 38.6 Å². The largest absolute Gasteiger partial charge is 0.356 e. The fourth-order valence-corrected chi connectivity index (χ4v) is 2.91. The lowest BCUT2D eigenvalue weighted by molar-refractivity contribution is 0.498. The molecule has 4 nitrogen and oxygen atoms in total. The van der Waals surface area contributed by atoms with Crippen molar-refractivity contribution in [2.75, 3.05) is 18.0 Å². The molecule has 3 rings (SSSR count). The second-order valence-electron chi connectivity index (χ2n) is 6.13. The van der Waals surface area contributed by atoms with Crippen LogP contribution in [0.2, 0.25) is 0 Å². The fourth-order valence-electron chi connectivity index (χ4n) is 2.91. The zero-order valence-corrected chi connectivity index (χ0v) is 13.5. The van der Waals surface area contributed by atoms with Crippen molar-refractivity contribution in [2.24, 2.45) is 5.73 Å². The van der Waals surface area contributed by atoms with E-state index in [1.165, 1.54) is 12.1 Å². The Morgan fingerprint density at radius 3 is 2.70 bits per heavy atom. The van der Waals surface area contributed by atoms with E-state index in [9.17, 15) is 4.39 Å². The summed E-state index contributed by atoms with van der Waals surface area (Å²) in [5.74, 6) is 1.26. The molecule has 0 unspecified atom stereocenters. The number of aromatic nitrogens is 2. The van der Waals surface area contributed by atoms with Crippen LogP contribution < -0.4 is 10.6 Å². The van der Waals surface area contributed by atoms with Gasteiger partial charge in [0.05, 0.1) is 0 Å². The van der Waals surface area contributed by atoms with E-state index in [1.54, 1.807) is 6.07 Å². The lowest BCUT2D eigenvalue weighted by Gasteiger charge is -2.31. The van der Waals surface area contributed by atoms with Gasteiger partial charge in [-0.15, -0.1) is 0 Å². The van der Waals surface area contributed by atoms with Gasteiger partial charge in [0.2, 0.25) is 0 Å². The Hall–Kier alpha value is -2.01. The monoisotopic (exact) mass is 314 g/mol. The van der Waals surface area contributed by atoms with E-state index in [2.05, 4.69) is 27.9 Å². The van der Waals surface area contributed by atoms with Crippen molar-refractivity contribution in [3.63, 3.8) is 0 Å². The molecule has 0 saturated carbocycles. The number of nitrogens with two attached hydrogens (primary N) is 1. The molecular formula is C18H23FN4. The molecule has 0 amide bonds. The van der Waals surface area contributed by atoms with Gasteiger partial charge in [0.15, 0.2) is 5.82 Å². The van der Waals surface area contributed by atoms with Gasteiger partial charge in [-0.1, -0.05) is 25.5 Å². The van der Waals surface area contributed by atoms with Crippen LogP contribution in [0.4, 0.5) is 10.2 Å². The van der Waals surface area contributed by atoms with Gasteiger partial charge in [0.1, 0.15) is 11.6 Å². The lowest BCUT2D eigenvalue weighted by atomic mass is 10.1. The summed E-state index contributed by atoms with van der Waals surface area (Å²) in [6.07, 6.45) is 3.86. The summed E-state index contributed by atoms with van der Waals surface area (Å²) in [7, 11) is 0. The van der Waals surface area contributed by atoms with Crippen LogP contribution in [-0.4, -0.2) is 29.1 Å². The molecule has 122 valence electrons. The van der Waals surface area contributed by atoms with E-state index in [1.807, 2.05) is 6.07 Å². The van der Waals surface area contributed by atoms with Crippen molar-refractivity contribution in [3.8, 4) is 11.4 Å². The van der Waals surface area contributed by atoms with E-state index in [-0.39, 0.29) is 11.9 Å². The molecule has 1 fully saturated rings. The van der Waals surface area contributed by atoms with Crippen molar-refractivity contribution >= 4 is 5.82 Å². The van der Waals surface area contributed by atoms with Crippen molar-refractivity contribution in [3.05, 3.63) is 41.8 Å². The standard InChI is InChI=1S/C18H23FN4/c1-2-4-16-12-17(23-9-7-15(20)8-10-23)22-18(21-16)13-5-3-6-14(19)11-13/h3,5-6,11-12,15H,2,4,7-10,20H2,1H3. The molecule has 2 heterocycles. The third-order valence-corrected chi connectivity index (χ3v) is 4.22. The average Bonchev–Trinajstić information content (AvgIpc) is 2.55. The molecule has 1 aromatic carbocycles. The first-order valence-corrected chi connectivity index (χ1v) is 8.30. The van der Waals surface area contributed by atoms with Gasteiger partial charge in [-0.3, -0.25) is 0 Å². The van der Waals surface area contributed by atoms with Crippen LogP contribution in [0.25, 0.3) is 11.4 Å². The Morgan fingerprint density at radius 1 is 1.22 bits per heavy atom. The Morgan fingerprint density at radius 2 is 2.00 bits per heavy atom. The number of anilines is 1. The maximum atomic E-state index is 13.5. The third-order valence-electron chi connectivity index (χ3n) is 4.22. The second kappa shape index (κ2) is 7.04. The second-order valence-corrected chi connectivity index (χ2v) is 6.13. The van der Waals surface area contributed by atoms with Gasteiger partial charge in [0, 0.05) is 36.5 Å². The van der Waals surface area contributed by atoms with Gasteiger partial charge >= 0.3 is 0 Å². The number of hydrogen-bond donors (Lipinski definition) is 1. The minimum atomic E-state index is -0.266. The van der Waals surface area contributed by atoms with Crippen molar-refractivity contribution in [1.82, 2.24) is 9.97 Å². The summed E-state index contributed by atoms with van der Waals surface area (Å²) >= 11 is 0. The smallest absolute Gasteiger partial charge is 0.161 e. The summed E-state index contributed by atoms with van der Waals surface area (Å²) in [4.78, 5) is 11.6. The molecule has 1 aliphatic heterocycles. The molecule has 0 aliphatic carbocycles. The highest BCUT2D eigenvalue weighted by molar-refractivity contribution is 5.58. The highest BCUT2D eigenvalue weighted by atomic mass is 19.1. The van der Waals surface area contributed by atoms with Crippen molar-refractivity contribution < 1.29 is 4.39 Å². The molecule has 1 aromatic heterocycles. The van der Waals surface area contributed by atoms with E-state index in [4.69, 9.17) is 5.73 Å². The van der Waals surface area contributed by atoms with E-state index in [0.717, 1.165) is 55.8 Å². The third kappa shape index (κ3) is 3.85. The van der Waals surface area contributed by atoms with Gasteiger partial charge in [-0.25, -0.2) is 14.4 Å². The number of rotatable bonds is 4. The fraction of sp³-hybridized carbons (Fsp3) is 0.444. The molecule has 1 saturated heterocycles. The first kappa shape index (κ1) is 15.9. The van der Waals surface area contributed by atoms with E-state index >= 15 is 0 Å². The van der Waals surface area contributed by atoms with Crippen LogP contribution in [0.1, 0.15) is 31.9 Å². The minimum absolute atomic E-state index is 0.266. The number of aryl methyl sites for hydroxylation is 1. The molecule has 2 N–H and O–H groups in total. The molecule has 0 bridgehead atoms. The zero-order chi connectivity index (χ0) is 16.2. The van der Waals surface area contributed by atoms with Gasteiger partial charge in [-0.05, 0) is 31.4 Å². The Bertz CT molecular complexity index is 666. The number of halogens is 1. The maximum absolute atomic E-state index is 13.5. The van der Waals surface area contributed by atoms with Crippen LogP contribution in [0.15, 0.2) is 30.3 Å². The van der Waals surface area contributed by atoms with Gasteiger partial charge in [-0.2, -0.15) is 0 Å². The lowest BCUT2D eigenvalue weighted by Crippen LogP contribution is -2.40. The summed E-state index contributed by atoms with van der Waals surface area (Å²) < 4.78 is 13.5. The predicted octanol–water partition coefficient (Wildman–Crippen LogP) is 3.16. The highest BCUT2D eigenvalue weighted by Crippen LogP contribution is 2.23. The molecular weight excluding hydrogens is 291 g/mol. The summed E-state index contributed by atoms with van der Waals surface area (Å²) in [5.41, 5.74) is 7.72.